The lowest BCUT2D eigenvalue weighted by atomic mass is 10.2. The zero-order chi connectivity index (χ0) is 11.3. The van der Waals surface area contributed by atoms with Crippen LogP contribution in [0.2, 0.25) is 0 Å². The molecule has 0 radical (unpaired) electrons. The lowest BCUT2D eigenvalue weighted by molar-refractivity contribution is 0.196. The first kappa shape index (κ1) is 12.5. The molecule has 1 rings (SSSR count). The predicted molar refractivity (Wildman–Crippen MR) is 66.6 cm³/mol. The number of benzene rings is 1. The Morgan fingerprint density at radius 3 is 2.80 bits per heavy atom. The monoisotopic (exact) mass is 272 g/mol. The van der Waals surface area contributed by atoms with Crippen LogP contribution in [0.5, 0.6) is 0 Å². The van der Waals surface area contributed by atoms with Crippen molar-refractivity contribution in [1.82, 2.24) is 4.90 Å². The first-order valence-corrected chi connectivity index (χ1v) is 5.84. The Bertz CT molecular complexity index is 317. The van der Waals surface area contributed by atoms with Crippen LogP contribution in [0.1, 0.15) is 12.5 Å². The van der Waals surface area contributed by atoms with Crippen molar-refractivity contribution in [2.75, 3.05) is 25.4 Å². The number of anilines is 1. The summed E-state index contributed by atoms with van der Waals surface area (Å²) in [5, 5.41) is 8.89. The molecule has 84 valence electrons. The summed E-state index contributed by atoms with van der Waals surface area (Å²) in [4.78, 5) is 2.17. The van der Waals surface area contributed by atoms with Gasteiger partial charge in [-0.05, 0) is 34.1 Å². The van der Waals surface area contributed by atoms with Gasteiger partial charge in [0.05, 0.1) is 6.61 Å². The minimum absolute atomic E-state index is 0.188. The maximum absolute atomic E-state index is 8.89. The van der Waals surface area contributed by atoms with E-state index >= 15 is 0 Å². The Hall–Kier alpha value is -0.580. The number of rotatable bonds is 5. The van der Waals surface area contributed by atoms with E-state index in [1.54, 1.807) is 0 Å². The molecule has 0 saturated carbocycles. The van der Waals surface area contributed by atoms with E-state index in [1.165, 1.54) is 0 Å². The second-order valence-electron chi connectivity index (χ2n) is 3.41. The average molecular weight is 273 g/mol. The largest absolute Gasteiger partial charge is 0.398 e. The van der Waals surface area contributed by atoms with E-state index in [4.69, 9.17) is 10.8 Å². The zero-order valence-corrected chi connectivity index (χ0v) is 10.5. The second-order valence-corrected chi connectivity index (χ2v) is 4.21. The van der Waals surface area contributed by atoms with E-state index < -0.39 is 0 Å². The van der Waals surface area contributed by atoms with Crippen molar-refractivity contribution < 1.29 is 5.11 Å². The van der Waals surface area contributed by atoms with E-state index in [0.717, 1.165) is 28.8 Å². The lowest BCUT2D eigenvalue weighted by Gasteiger charge is -2.20. The van der Waals surface area contributed by atoms with Crippen LogP contribution in [0.3, 0.4) is 0 Å². The molecule has 0 saturated heterocycles. The van der Waals surface area contributed by atoms with Gasteiger partial charge in [0, 0.05) is 23.2 Å². The van der Waals surface area contributed by atoms with E-state index in [9.17, 15) is 0 Å². The third-order valence-corrected chi connectivity index (χ3v) is 3.33. The van der Waals surface area contributed by atoms with Crippen molar-refractivity contribution in [2.45, 2.75) is 13.5 Å². The van der Waals surface area contributed by atoms with Crippen LogP contribution < -0.4 is 5.73 Å². The predicted octanol–water partition coefficient (Wildman–Crippen LogP) is 1.85. The van der Waals surface area contributed by atoms with Crippen LogP contribution in [-0.4, -0.2) is 29.7 Å². The van der Waals surface area contributed by atoms with Gasteiger partial charge in [-0.2, -0.15) is 0 Å². The lowest BCUT2D eigenvalue weighted by Crippen LogP contribution is -2.26. The molecule has 0 bridgehead atoms. The number of hydrogen-bond donors (Lipinski definition) is 2. The number of nitrogen functional groups attached to an aromatic ring is 1. The van der Waals surface area contributed by atoms with E-state index in [1.807, 2.05) is 18.2 Å². The normalized spacial score (nSPS) is 10.9. The number of aliphatic hydroxyl groups excluding tert-OH is 1. The van der Waals surface area contributed by atoms with Gasteiger partial charge in [0.1, 0.15) is 0 Å². The van der Waals surface area contributed by atoms with Gasteiger partial charge >= 0.3 is 0 Å². The third-order valence-electron chi connectivity index (χ3n) is 2.37. The van der Waals surface area contributed by atoms with Gasteiger partial charge in [-0.3, -0.25) is 4.90 Å². The number of nitrogens with two attached hydrogens (primary N) is 1. The van der Waals surface area contributed by atoms with Crippen molar-refractivity contribution in [3.63, 3.8) is 0 Å². The molecule has 0 aliphatic heterocycles. The van der Waals surface area contributed by atoms with Crippen LogP contribution in [0, 0.1) is 0 Å². The van der Waals surface area contributed by atoms with Crippen molar-refractivity contribution in [3.05, 3.63) is 28.2 Å². The second kappa shape index (κ2) is 6.10. The van der Waals surface area contributed by atoms with E-state index in [-0.39, 0.29) is 6.61 Å². The van der Waals surface area contributed by atoms with E-state index in [0.29, 0.717) is 6.54 Å². The topological polar surface area (TPSA) is 49.5 Å². The Kier molecular flexibility index (Phi) is 5.08. The molecule has 3 nitrogen and oxygen atoms in total. The van der Waals surface area contributed by atoms with Crippen LogP contribution in [0.4, 0.5) is 5.69 Å². The minimum Gasteiger partial charge on any atom is -0.398 e. The van der Waals surface area contributed by atoms with E-state index in [2.05, 4.69) is 27.8 Å². The summed E-state index contributed by atoms with van der Waals surface area (Å²) in [6, 6.07) is 5.86. The molecule has 4 heteroatoms. The fourth-order valence-corrected chi connectivity index (χ4v) is 1.84. The van der Waals surface area contributed by atoms with Crippen LogP contribution in [-0.2, 0) is 6.54 Å². The summed E-state index contributed by atoms with van der Waals surface area (Å²) in [5.74, 6) is 0. The molecule has 3 N–H and O–H groups in total. The molecule has 0 spiro atoms. The highest BCUT2D eigenvalue weighted by Crippen LogP contribution is 2.24. The molecule has 1 aromatic carbocycles. The molecule has 0 atom stereocenters. The molecule has 0 heterocycles. The van der Waals surface area contributed by atoms with Crippen molar-refractivity contribution >= 4 is 21.6 Å². The van der Waals surface area contributed by atoms with Gasteiger partial charge in [0.25, 0.3) is 0 Å². The van der Waals surface area contributed by atoms with Crippen molar-refractivity contribution in [1.29, 1.82) is 0 Å². The Labute approximate surface area is 99.0 Å². The molecule has 0 fully saturated rings. The van der Waals surface area contributed by atoms with Gasteiger partial charge in [-0.15, -0.1) is 0 Å². The summed E-state index contributed by atoms with van der Waals surface area (Å²) in [6.45, 7) is 4.69. The van der Waals surface area contributed by atoms with Gasteiger partial charge in [-0.25, -0.2) is 0 Å². The maximum atomic E-state index is 8.89. The summed E-state index contributed by atoms with van der Waals surface area (Å²) >= 11 is 3.47. The highest BCUT2D eigenvalue weighted by molar-refractivity contribution is 9.10. The van der Waals surface area contributed by atoms with Crippen LogP contribution in [0.25, 0.3) is 0 Å². The molecular weight excluding hydrogens is 256 g/mol. The number of likely N-dealkylation sites (N-methyl/N-ethyl adjacent to an activating group) is 1. The Morgan fingerprint density at radius 1 is 1.47 bits per heavy atom. The molecule has 0 amide bonds. The molecule has 0 aliphatic rings. The first-order valence-electron chi connectivity index (χ1n) is 5.05. The van der Waals surface area contributed by atoms with Crippen LogP contribution >= 0.6 is 15.9 Å². The molecule has 15 heavy (non-hydrogen) atoms. The molecule has 1 aromatic rings. The van der Waals surface area contributed by atoms with Gasteiger partial charge in [0.2, 0.25) is 0 Å². The third kappa shape index (κ3) is 3.48. The van der Waals surface area contributed by atoms with Gasteiger partial charge < -0.3 is 10.8 Å². The minimum atomic E-state index is 0.188. The zero-order valence-electron chi connectivity index (χ0n) is 8.91. The fourth-order valence-electron chi connectivity index (χ4n) is 1.45. The Balaban J connectivity index is 2.74. The molecular formula is C11H17BrN2O. The molecule has 0 aliphatic carbocycles. The quantitative estimate of drug-likeness (QED) is 0.805. The number of nitrogens with zero attached hydrogens (tertiary/aromatic N) is 1. The van der Waals surface area contributed by atoms with Gasteiger partial charge in [-0.1, -0.05) is 19.1 Å². The van der Waals surface area contributed by atoms with Crippen molar-refractivity contribution in [2.24, 2.45) is 0 Å². The van der Waals surface area contributed by atoms with Crippen LogP contribution in [0.15, 0.2) is 22.7 Å². The highest BCUT2D eigenvalue weighted by Gasteiger charge is 2.07. The summed E-state index contributed by atoms with van der Waals surface area (Å²) in [5.41, 5.74) is 7.71. The number of halogens is 1. The first-order chi connectivity index (χ1) is 7.19. The summed E-state index contributed by atoms with van der Waals surface area (Å²) < 4.78 is 0.960. The van der Waals surface area contributed by atoms with Gasteiger partial charge in [0.15, 0.2) is 0 Å². The summed E-state index contributed by atoms with van der Waals surface area (Å²) in [7, 11) is 0. The highest BCUT2D eigenvalue weighted by atomic mass is 79.9. The molecule has 0 unspecified atom stereocenters. The standard InChI is InChI=1S/C11H17BrN2O/c1-2-14(6-7-15)8-9-4-3-5-10(13)11(9)12/h3-5,15H,2,6-8,13H2,1H3. The Morgan fingerprint density at radius 2 is 2.20 bits per heavy atom. The smallest absolute Gasteiger partial charge is 0.0558 e. The number of aliphatic hydroxyl groups is 1. The maximum Gasteiger partial charge on any atom is 0.0558 e. The molecule has 0 aromatic heterocycles. The van der Waals surface area contributed by atoms with Crippen molar-refractivity contribution in [3.8, 4) is 0 Å². The average Bonchev–Trinajstić information content (AvgIpc) is 2.24. The SMILES string of the molecule is CCN(CCO)Cc1cccc(N)c1Br. The number of hydrogen-bond acceptors (Lipinski definition) is 3. The summed E-state index contributed by atoms with van der Waals surface area (Å²) in [6.07, 6.45) is 0. The fraction of sp³-hybridized carbons (Fsp3) is 0.455.